The van der Waals surface area contributed by atoms with E-state index in [9.17, 15) is 18.0 Å². The summed E-state index contributed by atoms with van der Waals surface area (Å²) in [6, 6.07) is 4.42. The Hall–Kier alpha value is -1.31. The highest BCUT2D eigenvalue weighted by molar-refractivity contribution is 7.21. The highest BCUT2D eigenvalue weighted by Gasteiger charge is 2.63. The summed E-state index contributed by atoms with van der Waals surface area (Å²) >= 11 is 6.65. The summed E-state index contributed by atoms with van der Waals surface area (Å²) in [6.45, 7) is 2.11. The zero-order valence-corrected chi connectivity index (χ0v) is 15.3. The fraction of sp³-hybridized carbons (Fsp3) is 0.500. The Kier molecular flexibility index (Phi) is 3.47. The van der Waals surface area contributed by atoms with Gasteiger partial charge in [0.2, 0.25) is 0 Å². The van der Waals surface area contributed by atoms with E-state index in [4.69, 9.17) is 11.6 Å². The number of piperidine rings is 1. The molecule has 1 amide bonds. The molecule has 2 unspecified atom stereocenters. The number of alkyl halides is 3. The third-order valence-corrected chi connectivity index (χ3v) is 7.58. The van der Waals surface area contributed by atoms with Gasteiger partial charge >= 0.3 is 6.18 Å². The van der Waals surface area contributed by atoms with Crippen LogP contribution >= 0.6 is 22.9 Å². The molecule has 3 atom stereocenters. The molecule has 1 aromatic carbocycles. The number of fused-ring (bicyclic) bond motifs is 4. The monoisotopic (exact) mass is 400 g/mol. The highest BCUT2D eigenvalue weighted by atomic mass is 35.5. The van der Waals surface area contributed by atoms with Gasteiger partial charge in [-0.1, -0.05) is 17.7 Å². The second-order valence-corrected chi connectivity index (χ2v) is 8.96. The number of rotatable bonds is 2. The molecule has 2 aromatic rings. The Bertz CT molecular complexity index is 921. The van der Waals surface area contributed by atoms with E-state index in [0.29, 0.717) is 16.2 Å². The minimum absolute atomic E-state index is 0.0213. The van der Waals surface area contributed by atoms with Crippen LogP contribution in [0.2, 0.25) is 5.02 Å². The number of amides is 1. The van der Waals surface area contributed by atoms with Crippen molar-refractivity contribution in [3.05, 3.63) is 33.7 Å². The number of hydrogen-bond donors (Lipinski definition) is 1. The van der Waals surface area contributed by atoms with Crippen molar-refractivity contribution >= 4 is 38.9 Å². The van der Waals surface area contributed by atoms with E-state index in [1.54, 1.807) is 0 Å². The van der Waals surface area contributed by atoms with Crippen LogP contribution in [0.4, 0.5) is 13.2 Å². The van der Waals surface area contributed by atoms with Crippen molar-refractivity contribution in [1.29, 1.82) is 0 Å². The van der Waals surface area contributed by atoms with Gasteiger partial charge in [-0.15, -0.1) is 11.3 Å². The Labute approximate surface area is 157 Å². The molecular weight excluding hydrogens is 385 g/mol. The number of halogens is 4. The van der Waals surface area contributed by atoms with Crippen LogP contribution in [0.3, 0.4) is 0 Å². The Morgan fingerprint density at radius 1 is 1.35 bits per heavy atom. The van der Waals surface area contributed by atoms with Crippen molar-refractivity contribution in [2.24, 2.45) is 5.92 Å². The van der Waals surface area contributed by atoms with Gasteiger partial charge in [0.15, 0.2) is 0 Å². The minimum atomic E-state index is -4.55. The lowest BCUT2D eigenvalue weighted by atomic mass is 9.92. The average molecular weight is 401 g/mol. The van der Waals surface area contributed by atoms with E-state index >= 15 is 0 Å². The summed E-state index contributed by atoms with van der Waals surface area (Å²) in [7, 11) is 0. The normalized spacial score (nSPS) is 28.8. The van der Waals surface area contributed by atoms with Crippen molar-refractivity contribution in [3.8, 4) is 0 Å². The molecule has 26 heavy (non-hydrogen) atoms. The number of carbonyl (C=O) groups is 1. The topological polar surface area (TPSA) is 32.3 Å². The van der Waals surface area contributed by atoms with Gasteiger partial charge in [-0.2, -0.15) is 13.2 Å². The smallest absolute Gasteiger partial charge is 0.346 e. The van der Waals surface area contributed by atoms with Gasteiger partial charge in [0, 0.05) is 16.8 Å². The fourth-order valence-corrected chi connectivity index (χ4v) is 6.22. The van der Waals surface area contributed by atoms with Gasteiger partial charge in [-0.05, 0) is 49.2 Å². The van der Waals surface area contributed by atoms with Crippen LogP contribution in [0.1, 0.15) is 34.5 Å². The van der Waals surface area contributed by atoms with Crippen molar-refractivity contribution in [3.63, 3.8) is 0 Å². The molecule has 1 aromatic heterocycles. The first kappa shape index (κ1) is 16.8. The highest BCUT2D eigenvalue weighted by Crippen LogP contribution is 2.55. The Balaban J connectivity index is 1.47. The summed E-state index contributed by atoms with van der Waals surface area (Å²) in [5.74, 6) is 0.177. The molecule has 8 heteroatoms. The molecular formula is C18H16ClF3N2OS. The standard InChI is InChI=1S/C18H16ClF3N2OS/c19-11-2-1-9-7-12(26-14(9)13(11)18(20,21)22)16(25)23-15-10-3-6-24(8-10)17(15)4-5-17/h1-2,7,10,15H,3-6,8H2,(H,23,25)/t10?,15-/m1/s1. The first-order valence-corrected chi connectivity index (χ1v) is 9.84. The summed E-state index contributed by atoms with van der Waals surface area (Å²) < 4.78 is 40.1. The third kappa shape index (κ3) is 2.33. The zero-order valence-electron chi connectivity index (χ0n) is 13.7. The average Bonchev–Trinajstić information content (AvgIpc) is 2.94. The lowest BCUT2D eigenvalue weighted by molar-refractivity contribution is -0.136. The molecule has 2 aliphatic heterocycles. The van der Waals surface area contributed by atoms with Gasteiger partial charge in [0.25, 0.3) is 5.91 Å². The quantitative estimate of drug-likeness (QED) is 0.802. The maximum atomic E-state index is 13.3. The lowest BCUT2D eigenvalue weighted by Gasteiger charge is -2.33. The van der Waals surface area contributed by atoms with Crippen LogP contribution in [0, 0.1) is 5.92 Å². The first-order chi connectivity index (χ1) is 12.3. The van der Waals surface area contributed by atoms with E-state index < -0.39 is 11.7 Å². The molecule has 3 fully saturated rings. The zero-order chi connectivity index (χ0) is 18.3. The van der Waals surface area contributed by atoms with Crippen molar-refractivity contribution in [1.82, 2.24) is 10.2 Å². The van der Waals surface area contributed by atoms with Crippen LogP contribution in [0.5, 0.6) is 0 Å². The van der Waals surface area contributed by atoms with E-state index in [2.05, 4.69) is 10.2 Å². The largest absolute Gasteiger partial charge is 0.419 e. The number of hydrogen-bond acceptors (Lipinski definition) is 3. The van der Waals surface area contributed by atoms with Crippen LogP contribution in [0.25, 0.3) is 10.1 Å². The molecule has 1 spiro atoms. The maximum Gasteiger partial charge on any atom is 0.419 e. The van der Waals surface area contributed by atoms with Gasteiger partial charge < -0.3 is 5.32 Å². The number of benzene rings is 1. The predicted molar refractivity (Wildman–Crippen MR) is 94.7 cm³/mol. The van der Waals surface area contributed by atoms with E-state index in [-0.39, 0.29) is 27.2 Å². The van der Waals surface area contributed by atoms with E-state index in [1.165, 1.54) is 18.2 Å². The Morgan fingerprint density at radius 3 is 2.81 bits per heavy atom. The minimum Gasteiger partial charge on any atom is -0.346 e. The summed E-state index contributed by atoms with van der Waals surface area (Å²) in [5, 5.41) is 3.19. The Morgan fingerprint density at radius 2 is 2.12 bits per heavy atom. The molecule has 3 nitrogen and oxygen atoms in total. The van der Waals surface area contributed by atoms with Crippen molar-refractivity contribution in [2.45, 2.75) is 37.0 Å². The molecule has 1 aliphatic carbocycles. The van der Waals surface area contributed by atoms with E-state index in [1.807, 2.05) is 0 Å². The summed E-state index contributed by atoms with van der Waals surface area (Å²) in [5.41, 5.74) is -0.749. The summed E-state index contributed by atoms with van der Waals surface area (Å²) in [4.78, 5) is 15.5. The molecule has 5 rings (SSSR count). The van der Waals surface area contributed by atoms with Gasteiger partial charge in [0.1, 0.15) is 0 Å². The van der Waals surface area contributed by atoms with Crippen LogP contribution in [0.15, 0.2) is 18.2 Å². The summed E-state index contributed by atoms with van der Waals surface area (Å²) in [6.07, 6.45) is -1.29. The molecule has 0 radical (unpaired) electrons. The number of nitrogens with zero attached hydrogens (tertiary/aromatic N) is 1. The second kappa shape index (κ2) is 5.36. The maximum absolute atomic E-state index is 13.3. The van der Waals surface area contributed by atoms with Crippen LogP contribution < -0.4 is 5.32 Å². The van der Waals surface area contributed by atoms with Crippen molar-refractivity contribution in [2.75, 3.05) is 13.1 Å². The van der Waals surface area contributed by atoms with Gasteiger partial charge in [-0.25, -0.2) is 0 Å². The SMILES string of the molecule is O=C(N[C@@H]1C2CCN(C2)C12CC2)c1cc2ccc(Cl)c(C(F)(F)F)c2s1. The van der Waals surface area contributed by atoms with Gasteiger partial charge in [-0.3, -0.25) is 9.69 Å². The van der Waals surface area contributed by atoms with Crippen molar-refractivity contribution < 1.29 is 18.0 Å². The number of carbonyl (C=O) groups excluding carboxylic acids is 1. The molecule has 138 valence electrons. The lowest BCUT2D eigenvalue weighted by Crippen LogP contribution is -2.51. The van der Waals surface area contributed by atoms with Crippen LogP contribution in [-0.4, -0.2) is 35.5 Å². The molecule has 1 N–H and O–H groups in total. The van der Waals surface area contributed by atoms with Crippen LogP contribution in [-0.2, 0) is 6.18 Å². The van der Waals surface area contributed by atoms with E-state index in [0.717, 1.165) is 43.7 Å². The predicted octanol–water partition coefficient (Wildman–Crippen LogP) is 4.54. The number of nitrogens with one attached hydrogen (secondary N) is 1. The molecule has 3 heterocycles. The molecule has 2 saturated heterocycles. The molecule has 1 saturated carbocycles. The number of thiophene rings is 1. The van der Waals surface area contributed by atoms with Gasteiger partial charge in [0.05, 0.1) is 21.5 Å². The first-order valence-electron chi connectivity index (χ1n) is 8.65. The fourth-order valence-electron chi connectivity index (χ4n) is 4.77. The molecule has 2 bridgehead atoms. The molecule has 3 aliphatic rings. The second-order valence-electron chi connectivity index (χ2n) is 7.50. The third-order valence-electron chi connectivity index (χ3n) is 6.10.